The third-order valence-electron chi connectivity index (χ3n) is 1.08. The van der Waals surface area contributed by atoms with E-state index in [2.05, 4.69) is 4.98 Å². The van der Waals surface area contributed by atoms with E-state index >= 15 is 0 Å². The van der Waals surface area contributed by atoms with E-state index in [1.807, 2.05) is 0 Å². The van der Waals surface area contributed by atoms with Gasteiger partial charge in [-0.25, -0.2) is 13.8 Å². The molecule has 0 saturated heterocycles. The van der Waals surface area contributed by atoms with Gasteiger partial charge in [0, 0.05) is 0 Å². The maximum atomic E-state index is 12.0. The molecular weight excluding hydrogens is 195 g/mol. The average molecular weight is 198 g/mol. The zero-order chi connectivity index (χ0) is 8.43. The summed E-state index contributed by atoms with van der Waals surface area (Å²) in [6.45, 7) is 0. The van der Waals surface area contributed by atoms with Crippen molar-refractivity contribution in [2.45, 2.75) is 6.43 Å². The summed E-state index contributed by atoms with van der Waals surface area (Å²) in [6.07, 6.45) is -2.60. The first-order valence-electron chi connectivity index (χ1n) is 2.71. The standard InChI is InChI=1S/C6H3Cl2F2N/c7-4-2-1-3(6(9)10)5(8)11-4/h1-2,6H. The molecule has 0 fully saturated rings. The largest absolute Gasteiger partial charge is 0.266 e. The van der Waals surface area contributed by atoms with Crippen LogP contribution in [-0.4, -0.2) is 4.98 Å². The molecule has 0 aliphatic heterocycles. The van der Waals surface area contributed by atoms with Crippen LogP contribution in [-0.2, 0) is 0 Å². The van der Waals surface area contributed by atoms with Crippen molar-refractivity contribution in [2.75, 3.05) is 0 Å². The van der Waals surface area contributed by atoms with Crippen LogP contribution in [0.2, 0.25) is 10.3 Å². The highest BCUT2D eigenvalue weighted by Gasteiger charge is 2.12. The van der Waals surface area contributed by atoms with Crippen LogP contribution in [0.15, 0.2) is 12.1 Å². The maximum Gasteiger partial charge on any atom is 0.266 e. The van der Waals surface area contributed by atoms with E-state index in [1.54, 1.807) is 0 Å². The molecular formula is C6H3Cl2F2N. The number of rotatable bonds is 1. The van der Waals surface area contributed by atoms with Gasteiger partial charge in [0.2, 0.25) is 0 Å². The number of alkyl halides is 2. The Morgan fingerprint density at radius 3 is 2.36 bits per heavy atom. The third-order valence-corrected chi connectivity index (χ3v) is 1.59. The second kappa shape index (κ2) is 3.32. The van der Waals surface area contributed by atoms with Gasteiger partial charge in [0.25, 0.3) is 6.43 Å². The van der Waals surface area contributed by atoms with Gasteiger partial charge in [0.15, 0.2) is 0 Å². The molecule has 0 unspecified atom stereocenters. The number of aromatic nitrogens is 1. The lowest BCUT2D eigenvalue weighted by atomic mass is 10.3. The molecule has 0 spiro atoms. The van der Waals surface area contributed by atoms with Crippen LogP contribution in [0, 0.1) is 0 Å². The van der Waals surface area contributed by atoms with Crippen LogP contribution in [0.1, 0.15) is 12.0 Å². The number of hydrogen-bond acceptors (Lipinski definition) is 1. The molecule has 0 radical (unpaired) electrons. The highest BCUT2D eigenvalue weighted by Crippen LogP contribution is 2.26. The van der Waals surface area contributed by atoms with E-state index in [0.29, 0.717) is 0 Å². The minimum atomic E-state index is -2.60. The zero-order valence-corrected chi connectivity index (χ0v) is 6.70. The smallest absolute Gasteiger partial charge is 0.224 e. The Hall–Kier alpha value is -0.410. The predicted octanol–water partition coefficient (Wildman–Crippen LogP) is 3.33. The van der Waals surface area contributed by atoms with Gasteiger partial charge in [-0.3, -0.25) is 0 Å². The van der Waals surface area contributed by atoms with Crippen molar-refractivity contribution < 1.29 is 8.78 Å². The summed E-state index contributed by atoms with van der Waals surface area (Å²) >= 11 is 10.7. The molecule has 0 atom stereocenters. The van der Waals surface area contributed by atoms with Gasteiger partial charge in [-0.15, -0.1) is 0 Å². The lowest BCUT2D eigenvalue weighted by Gasteiger charge is -2.00. The Bertz CT molecular complexity index is 265. The molecule has 0 N–H and O–H groups in total. The first kappa shape index (κ1) is 8.68. The van der Waals surface area contributed by atoms with Gasteiger partial charge in [-0.1, -0.05) is 23.2 Å². The molecule has 0 bridgehead atoms. The van der Waals surface area contributed by atoms with E-state index in [0.717, 1.165) is 6.07 Å². The first-order valence-corrected chi connectivity index (χ1v) is 3.47. The Morgan fingerprint density at radius 1 is 1.27 bits per heavy atom. The second-order valence-electron chi connectivity index (χ2n) is 1.81. The maximum absolute atomic E-state index is 12.0. The molecule has 0 aliphatic rings. The molecule has 5 heteroatoms. The molecule has 1 heterocycles. The Morgan fingerprint density at radius 2 is 1.91 bits per heavy atom. The van der Waals surface area contributed by atoms with Crippen LogP contribution in [0.5, 0.6) is 0 Å². The van der Waals surface area contributed by atoms with Gasteiger partial charge in [0.1, 0.15) is 10.3 Å². The molecule has 0 aromatic carbocycles. The topological polar surface area (TPSA) is 12.9 Å². The van der Waals surface area contributed by atoms with E-state index in [9.17, 15) is 8.78 Å². The van der Waals surface area contributed by atoms with Gasteiger partial charge >= 0.3 is 0 Å². The normalized spacial score (nSPS) is 10.6. The van der Waals surface area contributed by atoms with Crippen LogP contribution >= 0.6 is 23.2 Å². The molecule has 1 aromatic heterocycles. The summed E-state index contributed by atoms with van der Waals surface area (Å²) in [4.78, 5) is 3.45. The van der Waals surface area contributed by atoms with E-state index in [4.69, 9.17) is 23.2 Å². The number of halogens is 4. The SMILES string of the molecule is FC(F)c1ccc(Cl)nc1Cl. The van der Waals surface area contributed by atoms with Crippen molar-refractivity contribution in [3.05, 3.63) is 28.0 Å². The van der Waals surface area contributed by atoms with Crippen molar-refractivity contribution in [3.63, 3.8) is 0 Å². The second-order valence-corrected chi connectivity index (χ2v) is 2.56. The summed E-state index contributed by atoms with van der Waals surface area (Å²) in [6, 6.07) is 2.43. The quantitative estimate of drug-likeness (QED) is 0.630. The number of hydrogen-bond donors (Lipinski definition) is 0. The van der Waals surface area contributed by atoms with Crippen LogP contribution in [0.3, 0.4) is 0 Å². The monoisotopic (exact) mass is 197 g/mol. The molecule has 1 nitrogen and oxygen atoms in total. The molecule has 0 amide bonds. The summed E-state index contributed by atoms with van der Waals surface area (Å²) in [5.74, 6) is 0. The minimum Gasteiger partial charge on any atom is -0.224 e. The van der Waals surface area contributed by atoms with Gasteiger partial charge in [0.05, 0.1) is 5.56 Å². The highest BCUT2D eigenvalue weighted by molar-refractivity contribution is 6.32. The van der Waals surface area contributed by atoms with Crippen LogP contribution in [0.25, 0.3) is 0 Å². The summed E-state index contributed by atoms with van der Waals surface area (Å²) in [5.41, 5.74) is -0.295. The molecule has 60 valence electrons. The van der Waals surface area contributed by atoms with Crippen LogP contribution in [0.4, 0.5) is 8.78 Å². The Labute approximate surface area is 72.0 Å². The Balaban J connectivity index is 3.09. The predicted molar refractivity (Wildman–Crippen MR) is 39.2 cm³/mol. The average Bonchev–Trinajstić information content (AvgIpc) is 1.85. The van der Waals surface area contributed by atoms with E-state index in [1.165, 1.54) is 6.07 Å². The van der Waals surface area contributed by atoms with Crippen LogP contribution < -0.4 is 0 Å². The summed E-state index contributed by atoms with van der Waals surface area (Å²) in [7, 11) is 0. The number of nitrogens with zero attached hydrogens (tertiary/aromatic N) is 1. The minimum absolute atomic E-state index is 0.111. The van der Waals surface area contributed by atoms with E-state index in [-0.39, 0.29) is 15.9 Å². The fourth-order valence-corrected chi connectivity index (χ4v) is 1.01. The van der Waals surface area contributed by atoms with Crippen molar-refractivity contribution >= 4 is 23.2 Å². The summed E-state index contributed by atoms with van der Waals surface area (Å²) < 4.78 is 24.0. The van der Waals surface area contributed by atoms with Gasteiger partial charge < -0.3 is 0 Å². The molecule has 11 heavy (non-hydrogen) atoms. The van der Waals surface area contributed by atoms with Crippen molar-refractivity contribution in [1.29, 1.82) is 0 Å². The third kappa shape index (κ3) is 2.01. The van der Waals surface area contributed by atoms with Gasteiger partial charge in [-0.05, 0) is 12.1 Å². The Kier molecular flexibility index (Phi) is 2.62. The lowest BCUT2D eigenvalue weighted by molar-refractivity contribution is 0.151. The first-order chi connectivity index (χ1) is 5.11. The number of pyridine rings is 1. The fraction of sp³-hybridized carbons (Fsp3) is 0.167. The van der Waals surface area contributed by atoms with Crippen molar-refractivity contribution in [1.82, 2.24) is 4.98 Å². The summed E-state index contributed by atoms with van der Waals surface area (Å²) in [5, 5.41) is -0.132. The van der Waals surface area contributed by atoms with E-state index < -0.39 is 6.43 Å². The van der Waals surface area contributed by atoms with Crippen molar-refractivity contribution in [2.24, 2.45) is 0 Å². The van der Waals surface area contributed by atoms with Crippen molar-refractivity contribution in [3.8, 4) is 0 Å². The lowest BCUT2D eigenvalue weighted by Crippen LogP contribution is -1.88. The molecule has 1 rings (SSSR count). The van der Waals surface area contributed by atoms with Gasteiger partial charge in [-0.2, -0.15) is 0 Å². The molecule has 0 saturated carbocycles. The fourth-order valence-electron chi connectivity index (χ4n) is 0.586. The molecule has 0 aliphatic carbocycles. The zero-order valence-electron chi connectivity index (χ0n) is 5.19. The highest BCUT2D eigenvalue weighted by atomic mass is 35.5. The molecule has 1 aromatic rings.